The molecule has 3 rings (SSSR count). The number of carbonyl (C=O) groups excluding carboxylic acids is 1. The number of thiazole rings is 1. The third kappa shape index (κ3) is 3.48. The molecule has 9 nitrogen and oxygen atoms in total. The Morgan fingerprint density at radius 3 is 2.77 bits per heavy atom. The van der Waals surface area contributed by atoms with Crippen molar-refractivity contribution >= 4 is 44.1 Å². The molecule has 1 fully saturated rings. The van der Waals surface area contributed by atoms with Crippen molar-refractivity contribution in [3.05, 3.63) is 29.3 Å². The fourth-order valence-corrected chi connectivity index (χ4v) is 4.68. The van der Waals surface area contributed by atoms with Gasteiger partial charge >= 0.3 is 5.97 Å². The van der Waals surface area contributed by atoms with Crippen molar-refractivity contribution in [1.82, 2.24) is 4.98 Å². The molecule has 0 bridgehead atoms. The number of ether oxygens (including phenoxy) is 1. The lowest BCUT2D eigenvalue weighted by atomic mass is 10.3. The van der Waals surface area contributed by atoms with Gasteiger partial charge in [-0.3, -0.25) is 9.52 Å². The number of aromatic carboxylic acids is 1. The van der Waals surface area contributed by atoms with E-state index in [1.807, 2.05) is 0 Å². The van der Waals surface area contributed by atoms with E-state index in [9.17, 15) is 18.0 Å². The molecular formula is C15H15N3O6S2. The molecule has 0 spiro atoms. The maximum Gasteiger partial charge on any atom is 0.355 e. The van der Waals surface area contributed by atoms with Crippen LogP contribution in [0.15, 0.2) is 28.5 Å². The fourth-order valence-electron chi connectivity index (χ4n) is 2.55. The first-order chi connectivity index (χ1) is 12.3. The van der Waals surface area contributed by atoms with Gasteiger partial charge < -0.3 is 14.7 Å². The van der Waals surface area contributed by atoms with Crippen molar-refractivity contribution in [2.45, 2.75) is 17.7 Å². The van der Waals surface area contributed by atoms with Crippen LogP contribution in [0.25, 0.3) is 0 Å². The van der Waals surface area contributed by atoms with E-state index in [1.54, 1.807) is 6.07 Å². The monoisotopic (exact) mass is 397 g/mol. The number of methoxy groups -OCH3 is 1. The van der Waals surface area contributed by atoms with E-state index in [-0.39, 0.29) is 27.4 Å². The lowest BCUT2D eigenvalue weighted by Gasteiger charge is -2.18. The summed E-state index contributed by atoms with van der Waals surface area (Å²) in [6, 6.07) is 4.45. The Morgan fingerprint density at radius 2 is 2.19 bits per heavy atom. The summed E-state index contributed by atoms with van der Waals surface area (Å²) in [7, 11) is -2.76. The number of aromatic nitrogens is 1. The van der Waals surface area contributed by atoms with Crippen molar-refractivity contribution in [3.8, 4) is 5.75 Å². The van der Waals surface area contributed by atoms with Gasteiger partial charge in [0.05, 0.1) is 7.11 Å². The molecule has 0 saturated carbocycles. The van der Waals surface area contributed by atoms with Gasteiger partial charge in [-0.1, -0.05) is 0 Å². The number of carbonyl (C=O) groups is 2. The Hall–Kier alpha value is -2.66. The second kappa shape index (κ2) is 6.92. The van der Waals surface area contributed by atoms with E-state index in [1.165, 1.54) is 29.5 Å². The second-order valence-electron chi connectivity index (χ2n) is 5.43. The van der Waals surface area contributed by atoms with E-state index in [0.29, 0.717) is 25.1 Å². The smallest absolute Gasteiger partial charge is 0.355 e. The number of sulfonamides is 1. The summed E-state index contributed by atoms with van der Waals surface area (Å²) in [6.45, 7) is 0.520. The molecule has 26 heavy (non-hydrogen) atoms. The normalized spacial score (nSPS) is 14.5. The fraction of sp³-hybridized carbons (Fsp3) is 0.267. The Bertz CT molecular complexity index is 970. The van der Waals surface area contributed by atoms with Crippen LogP contribution in [0.3, 0.4) is 0 Å². The van der Waals surface area contributed by atoms with Crippen LogP contribution in [0.2, 0.25) is 0 Å². The van der Waals surface area contributed by atoms with Crippen LogP contribution in [0.4, 0.5) is 10.8 Å². The van der Waals surface area contributed by atoms with Crippen molar-refractivity contribution < 1.29 is 27.9 Å². The Kier molecular flexibility index (Phi) is 4.83. The number of nitrogens with zero attached hydrogens (tertiary/aromatic N) is 2. The van der Waals surface area contributed by atoms with Gasteiger partial charge in [0, 0.05) is 24.0 Å². The Morgan fingerprint density at radius 1 is 1.42 bits per heavy atom. The van der Waals surface area contributed by atoms with Crippen LogP contribution in [-0.2, 0) is 14.8 Å². The number of carboxylic acids is 1. The van der Waals surface area contributed by atoms with Crippen molar-refractivity contribution in [1.29, 1.82) is 0 Å². The summed E-state index contributed by atoms with van der Waals surface area (Å²) < 4.78 is 32.8. The van der Waals surface area contributed by atoms with Crippen molar-refractivity contribution in [2.24, 2.45) is 0 Å². The molecule has 138 valence electrons. The van der Waals surface area contributed by atoms with Gasteiger partial charge in [-0.15, -0.1) is 11.3 Å². The summed E-state index contributed by atoms with van der Waals surface area (Å²) in [5.41, 5.74) is 0.204. The van der Waals surface area contributed by atoms with Crippen LogP contribution in [0, 0.1) is 0 Å². The molecule has 11 heteroatoms. The van der Waals surface area contributed by atoms with Gasteiger partial charge in [-0.05, 0) is 24.6 Å². The van der Waals surface area contributed by atoms with Gasteiger partial charge in [0.1, 0.15) is 10.6 Å². The van der Waals surface area contributed by atoms with E-state index >= 15 is 0 Å². The molecule has 1 aromatic heterocycles. The van der Waals surface area contributed by atoms with Crippen molar-refractivity contribution in [2.75, 3.05) is 23.3 Å². The lowest BCUT2D eigenvalue weighted by molar-refractivity contribution is -0.117. The molecule has 1 aliphatic heterocycles. The molecule has 1 saturated heterocycles. The predicted octanol–water partition coefficient (Wildman–Crippen LogP) is 1.78. The van der Waals surface area contributed by atoms with Crippen LogP contribution in [0.5, 0.6) is 5.75 Å². The second-order valence-corrected chi connectivity index (χ2v) is 7.94. The quantitative estimate of drug-likeness (QED) is 0.761. The highest BCUT2D eigenvalue weighted by molar-refractivity contribution is 7.93. The molecule has 1 aromatic carbocycles. The van der Waals surface area contributed by atoms with E-state index < -0.39 is 16.0 Å². The summed E-state index contributed by atoms with van der Waals surface area (Å²) in [4.78, 5) is 27.9. The first-order valence-electron chi connectivity index (χ1n) is 7.52. The highest BCUT2D eigenvalue weighted by Crippen LogP contribution is 2.32. The van der Waals surface area contributed by atoms with Crippen LogP contribution in [-0.4, -0.2) is 44.0 Å². The minimum atomic E-state index is -4.10. The number of hydrogen-bond donors (Lipinski definition) is 2. The summed E-state index contributed by atoms with van der Waals surface area (Å²) in [5.74, 6) is -1.22. The minimum absolute atomic E-state index is 0.0718. The average molecular weight is 397 g/mol. The molecular weight excluding hydrogens is 382 g/mol. The molecule has 2 heterocycles. The third-order valence-corrected chi connectivity index (χ3v) is 6.01. The molecule has 0 aliphatic carbocycles. The first kappa shape index (κ1) is 18.1. The molecule has 2 N–H and O–H groups in total. The molecule has 0 unspecified atom stereocenters. The maximum atomic E-state index is 12.7. The van der Waals surface area contributed by atoms with Gasteiger partial charge in [0.2, 0.25) is 5.91 Å². The highest BCUT2D eigenvalue weighted by atomic mass is 32.2. The molecule has 1 aliphatic rings. The zero-order valence-electron chi connectivity index (χ0n) is 13.6. The molecule has 1 amide bonds. The zero-order valence-corrected chi connectivity index (χ0v) is 15.3. The van der Waals surface area contributed by atoms with Gasteiger partial charge in [0.15, 0.2) is 10.8 Å². The number of carboxylic acid groups (broad SMARTS) is 1. The van der Waals surface area contributed by atoms with E-state index in [4.69, 9.17) is 9.84 Å². The highest BCUT2D eigenvalue weighted by Gasteiger charge is 2.26. The third-order valence-electron chi connectivity index (χ3n) is 3.77. The molecule has 2 aromatic rings. The van der Waals surface area contributed by atoms with Crippen LogP contribution in [0.1, 0.15) is 23.3 Å². The van der Waals surface area contributed by atoms with Crippen LogP contribution < -0.4 is 14.4 Å². The van der Waals surface area contributed by atoms with Crippen molar-refractivity contribution in [3.63, 3.8) is 0 Å². The number of benzene rings is 1. The first-order valence-corrected chi connectivity index (χ1v) is 9.88. The van der Waals surface area contributed by atoms with E-state index in [2.05, 4.69) is 9.71 Å². The standard InChI is InChI=1S/C15H15N3O6S2/c1-24-11-5-4-9(18-6-2-3-13(18)19)7-12(11)26(22,23)17-15-16-10(8-25-15)14(20)21/h4-5,7-8H,2-3,6H2,1H3,(H,16,17)(H,20,21). The Labute approximate surface area is 153 Å². The summed E-state index contributed by atoms with van der Waals surface area (Å²) in [6.07, 6.45) is 1.13. The largest absolute Gasteiger partial charge is 0.495 e. The number of rotatable bonds is 6. The van der Waals surface area contributed by atoms with Gasteiger partial charge in [0.25, 0.3) is 10.0 Å². The predicted molar refractivity (Wildman–Crippen MR) is 94.5 cm³/mol. The number of nitrogens with one attached hydrogen (secondary N) is 1. The van der Waals surface area contributed by atoms with E-state index in [0.717, 1.165) is 11.3 Å². The molecule has 0 radical (unpaired) electrons. The summed E-state index contributed by atoms with van der Waals surface area (Å²) in [5, 5.41) is 10.0. The Balaban J connectivity index is 1.96. The maximum absolute atomic E-state index is 12.7. The summed E-state index contributed by atoms with van der Waals surface area (Å²) >= 11 is 0.855. The minimum Gasteiger partial charge on any atom is -0.495 e. The number of amides is 1. The average Bonchev–Trinajstić information content (AvgIpc) is 3.23. The SMILES string of the molecule is COc1ccc(N2CCCC2=O)cc1S(=O)(=O)Nc1nc(C(=O)O)cs1. The number of anilines is 2. The van der Waals surface area contributed by atoms with Gasteiger partial charge in [-0.25, -0.2) is 18.2 Å². The zero-order chi connectivity index (χ0) is 18.9. The number of hydrogen-bond acceptors (Lipinski definition) is 7. The molecule has 0 atom stereocenters. The van der Waals surface area contributed by atoms with Gasteiger partial charge in [-0.2, -0.15) is 0 Å². The lowest BCUT2D eigenvalue weighted by Crippen LogP contribution is -2.24. The van der Waals surface area contributed by atoms with Crippen LogP contribution >= 0.6 is 11.3 Å². The topological polar surface area (TPSA) is 126 Å².